The number of hydrogen-bond donors (Lipinski definition) is 0. The van der Waals surface area contributed by atoms with Crippen LogP contribution in [0, 0.1) is 0 Å². The Kier molecular flexibility index (Phi) is 3.36. The molecular formula is C14H14N4O. The summed E-state index contributed by atoms with van der Waals surface area (Å²) in [7, 11) is 0. The second kappa shape index (κ2) is 5.48. The Hall–Kier alpha value is -2.43. The molecule has 0 radical (unpaired) electrons. The molecule has 5 nitrogen and oxygen atoms in total. The summed E-state index contributed by atoms with van der Waals surface area (Å²) in [6, 6.07) is 7.85. The molecule has 0 N–H and O–H groups in total. The Morgan fingerprint density at radius 1 is 1.16 bits per heavy atom. The first-order valence-corrected chi connectivity index (χ1v) is 6.22. The van der Waals surface area contributed by atoms with Gasteiger partial charge in [-0.05, 0) is 18.6 Å². The van der Waals surface area contributed by atoms with Crippen molar-refractivity contribution >= 4 is 10.9 Å². The number of ether oxygens (including phenoxy) is 1. The van der Waals surface area contributed by atoms with Crippen LogP contribution in [0.5, 0.6) is 5.88 Å². The van der Waals surface area contributed by atoms with Gasteiger partial charge < -0.3 is 9.30 Å². The van der Waals surface area contributed by atoms with E-state index in [9.17, 15) is 0 Å². The zero-order chi connectivity index (χ0) is 12.9. The van der Waals surface area contributed by atoms with E-state index in [1.165, 1.54) is 6.33 Å². The van der Waals surface area contributed by atoms with Crippen LogP contribution in [-0.2, 0) is 6.54 Å². The second-order valence-electron chi connectivity index (χ2n) is 4.20. The van der Waals surface area contributed by atoms with Crippen LogP contribution in [0.1, 0.15) is 6.42 Å². The molecule has 0 unspecified atom stereocenters. The number of fused-ring (bicyclic) bond motifs is 1. The van der Waals surface area contributed by atoms with Crippen molar-refractivity contribution in [2.24, 2.45) is 0 Å². The molecule has 0 fully saturated rings. The topological polar surface area (TPSA) is 52.8 Å². The Morgan fingerprint density at radius 2 is 2.11 bits per heavy atom. The van der Waals surface area contributed by atoms with E-state index in [-0.39, 0.29) is 0 Å². The van der Waals surface area contributed by atoms with Crippen molar-refractivity contribution in [1.29, 1.82) is 0 Å². The van der Waals surface area contributed by atoms with E-state index >= 15 is 0 Å². The monoisotopic (exact) mass is 254 g/mol. The van der Waals surface area contributed by atoms with Crippen molar-refractivity contribution in [2.45, 2.75) is 13.0 Å². The molecular weight excluding hydrogens is 240 g/mol. The first kappa shape index (κ1) is 11.6. The zero-order valence-corrected chi connectivity index (χ0v) is 10.4. The van der Waals surface area contributed by atoms with Crippen molar-refractivity contribution in [2.75, 3.05) is 6.61 Å². The quantitative estimate of drug-likeness (QED) is 0.655. The van der Waals surface area contributed by atoms with Crippen LogP contribution in [-0.4, -0.2) is 26.1 Å². The molecule has 0 bridgehead atoms. The number of imidazole rings is 1. The van der Waals surface area contributed by atoms with Gasteiger partial charge in [0.15, 0.2) is 0 Å². The zero-order valence-electron chi connectivity index (χ0n) is 10.4. The highest BCUT2D eigenvalue weighted by Gasteiger charge is 2.03. The summed E-state index contributed by atoms with van der Waals surface area (Å²) in [5.74, 6) is 0.649. The van der Waals surface area contributed by atoms with Gasteiger partial charge in [-0.3, -0.25) is 0 Å². The number of rotatable bonds is 5. The number of aryl methyl sites for hydroxylation is 1. The summed E-state index contributed by atoms with van der Waals surface area (Å²) in [5.41, 5.74) is 0.905. The molecule has 0 saturated heterocycles. The van der Waals surface area contributed by atoms with Crippen molar-refractivity contribution < 1.29 is 4.74 Å². The Morgan fingerprint density at radius 3 is 3.00 bits per heavy atom. The van der Waals surface area contributed by atoms with Crippen LogP contribution >= 0.6 is 0 Å². The third-order valence-electron chi connectivity index (χ3n) is 2.86. The van der Waals surface area contributed by atoms with Gasteiger partial charge in [-0.15, -0.1) is 0 Å². The fourth-order valence-corrected chi connectivity index (χ4v) is 1.93. The van der Waals surface area contributed by atoms with Gasteiger partial charge >= 0.3 is 0 Å². The van der Waals surface area contributed by atoms with Crippen molar-refractivity contribution in [1.82, 2.24) is 19.5 Å². The van der Waals surface area contributed by atoms with E-state index in [1.807, 2.05) is 35.0 Å². The van der Waals surface area contributed by atoms with Crippen LogP contribution < -0.4 is 4.74 Å². The molecule has 5 heteroatoms. The summed E-state index contributed by atoms with van der Waals surface area (Å²) in [6.07, 6.45) is 7.97. The summed E-state index contributed by atoms with van der Waals surface area (Å²) in [6.45, 7) is 1.52. The first-order valence-electron chi connectivity index (χ1n) is 6.22. The molecule has 2 aromatic heterocycles. The average molecular weight is 254 g/mol. The molecule has 3 rings (SSSR count). The number of aromatic nitrogens is 4. The third-order valence-corrected chi connectivity index (χ3v) is 2.86. The molecule has 1 aromatic carbocycles. The number of para-hydroxylation sites is 1. The maximum absolute atomic E-state index is 5.73. The lowest BCUT2D eigenvalue weighted by Crippen LogP contribution is -2.04. The molecule has 0 amide bonds. The molecule has 0 aliphatic heterocycles. The minimum atomic E-state index is 0.624. The van der Waals surface area contributed by atoms with Gasteiger partial charge in [0.05, 0.1) is 23.8 Å². The van der Waals surface area contributed by atoms with Gasteiger partial charge in [0.25, 0.3) is 0 Å². The van der Waals surface area contributed by atoms with E-state index < -0.39 is 0 Å². The predicted octanol–water partition coefficient (Wildman–Crippen LogP) is 2.30. The fraction of sp³-hybridized carbons (Fsp3) is 0.214. The first-order chi connectivity index (χ1) is 9.43. The molecule has 0 saturated carbocycles. The highest BCUT2D eigenvalue weighted by molar-refractivity contribution is 5.82. The van der Waals surface area contributed by atoms with Crippen LogP contribution in [0.15, 0.2) is 49.3 Å². The molecule has 96 valence electrons. The number of hydrogen-bond acceptors (Lipinski definition) is 4. The standard InChI is InChI=1S/C14H14N4O/c1-2-5-13-12(4-1)14(17-10-16-13)19-9-3-7-18-8-6-15-11-18/h1-2,4-6,8,10-11H,3,7,9H2. The van der Waals surface area contributed by atoms with E-state index in [2.05, 4.69) is 15.0 Å². The minimum absolute atomic E-state index is 0.624. The summed E-state index contributed by atoms with van der Waals surface area (Å²) in [5, 5.41) is 0.952. The summed E-state index contributed by atoms with van der Waals surface area (Å²) < 4.78 is 7.76. The van der Waals surface area contributed by atoms with Crippen LogP contribution in [0.25, 0.3) is 10.9 Å². The fourth-order valence-electron chi connectivity index (χ4n) is 1.93. The van der Waals surface area contributed by atoms with Crippen LogP contribution in [0.3, 0.4) is 0 Å². The lowest BCUT2D eigenvalue weighted by molar-refractivity contribution is 0.294. The highest BCUT2D eigenvalue weighted by Crippen LogP contribution is 2.20. The molecule has 2 heterocycles. The molecule has 19 heavy (non-hydrogen) atoms. The van der Waals surface area contributed by atoms with E-state index in [1.54, 1.807) is 12.5 Å². The Bertz CT molecular complexity index is 646. The van der Waals surface area contributed by atoms with E-state index in [0.29, 0.717) is 12.5 Å². The van der Waals surface area contributed by atoms with Gasteiger partial charge in [0, 0.05) is 18.9 Å². The van der Waals surface area contributed by atoms with Crippen LogP contribution in [0.2, 0.25) is 0 Å². The van der Waals surface area contributed by atoms with Gasteiger partial charge in [-0.25, -0.2) is 15.0 Å². The minimum Gasteiger partial charge on any atom is -0.477 e. The maximum atomic E-state index is 5.73. The average Bonchev–Trinajstić information content (AvgIpc) is 2.97. The SMILES string of the molecule is c1ccc2c(OCCCn3ccnc3)ncnc2c1. The number of benzene rings is 1. The van der Waals surface area contributed by atoms with E-state index in [0.717, 1.165) is 23.9 Å². The number of nitrogens with zero attached hydrogens (tertiary/aromatic N) is 4. The van der Waals surface area contributed by atoms with E-state index in [4.69, 9.17) is 4.74 Å². The van der Waals surface area contributed by atoms with Crippen molar-refractivity contribution in [3.05, 3.63) is 49.3 Å². The molecule has 0 aliphatic rings. The normalized spacial score (nSPS) is 10.7. The van der Waals surface area contributed by atoms with Gasteiger partial charge in [-0.2, -0.15) is 0 Å². The lowest BCUT2D eigenvalue weighted by Gasteiger charge is -2.07. The molecule has 0 spiro atoms. The van der Waals surface area contributed by atoms with Crippen LogP contribution in [0.4, 0.5) is 0 Å². The maximum Gasteiger partial charge on any atom is 0.224 e. The largest absolute Gasteiger partial charge is 0.477 e. The molecule has 0 aliphatic carbocycles. The third kappa shape index (κ3) is 2.70. The lowest BCUT2D eigenvalue weighted by atomic mass is 10.2. The summed E-state index contributed by atoms with van der Waals surface area (Å²) in [4.78, 5) is 12.4. The Balaban J connectivity index is 1.62. The molecule has 0 atom stereocenters. The Labute approximate surface area is 110 Å². The van der Waals surface area contributed by atoms with Gasteiger partial charge in [0.1, 0.15) is 6.33 Å². The predicted molar refractivity (Wildman–Crippen MR) is 71.9 cm³/mol. The summed E-state index contributed by atoms with van der Waals surface area (Å²) >= 11 is 0. The van der Waals surface area contributed by atoms with Gasteiger partial charge in [0.2, 0.25) is 5.88 Å². The van der Waals surface area contributed by atoms with Crippen molar-refractivity contribution in [3.8, 4) is 5.88 Å². The van der Waals surface area contributed by atoms with Gasteiger partial charge in [-0.1, -0.05) is 12.1 Å². The molecule has 3 aromatic rings. The smallest absolute Gasteiger partial charge is 0.224 e. The second-order valence-corrected chi connectivity index (χ2v) is 4.20. The highest BCUT2D eigenvalue weighted by atomic mass is 16.5. The van der Waals surface area contributed by atoms with Crippen molar-refractivity contribution in [3.63, 3.8) is 0 Å².